The van der Waals surface area contributed by atoms with E-state index in [1.807, 2.05) is 20.8 Å². The minimum atomic E-state index is -0.262. The van der Waals surface area contributed by atoms with Gasteiger partial charge in [-0.05, 0) is 12.8 Å². The summed E-state index contributed by atoms with van der Waals surface area (Å²) in [6, 6.07) is 0.0258. The zero-order valence-corrected chi connectivity index (χ0v) is 12.4. The molecular formula is C14H24N4O2. The van der Waals surface area contributed by atoms with Gasteiger partial charge in [-0.2, -0.15) is 0 Å². The first-order chi connectivity index (χ1) is 9.41. The van der Waals surface area contributed by atoms with Gasteiger partial charge >= 0.3 is 0 Å². The Morgan fingerprint density at radius 2 is 2.10 bits per heavy atom. The first-order valence-corrected chi connectivity index (χ1v) is 7.26. The molecule has 20 heavy (non-hydrogen) atoms. The van der Waals surface area contributed by atoms with E-state index < -0.39 is 0 Å². The van der Waals surface area contributed by atoms with E-state index >= 15 is 0 Å². The Labute approximate surface area is 119 Å². The van der Waals surface area contributed by atoms with E-state index in [-0.39, 0.29) is 35.7 Å². The molecule has 1 aliphatic carbocycles. The van der Waals surface area contributed by atoms with Crippen molar-refractivity contribution in [3.05, 3.63) is 11.6 Å². The normalized spacial score (nSPS) is 23.6. The molecule has 0 spiro atoms. The van der Waals surface area contributed by atoms with Gasteiger partial charge in [-0.1, -0.05) is 33.6 Å². The van der Waals surface area contributed by atoms with E-state index in [1.54, 1.807) is 0 Å². The molecular weight excluding hydrogens is 256 g/mol. The van der Waals surface area contributed by atoms with Crippen molar-refractivity contribution in [2.24, 2.45) is 5.92 Å². The maximum Gasteiger partial charge on any atom is 0.291 e. The van der Waals surface area contributed by atoms with Crippen molar-refractivity contribution in [2.45, 2.75) is 57.9 Å². The fourth-order valence-electron chi connectivity index (χ4n) is 2.55. The van der Waals surface area contributed by atoms with Crippen LogP contribution < -0.4 is 5.32 Å². The van der Waals surface area contributed by atoms with Crippen LogP contribution in [-0.2, 0) is 5.41 Å². The van der Waals surface area contributed by atoms with E-state index in [0.29, 0.717) is 5.82 Å². The van der Waals surface area contributed by atoms with Crippen LogP contribution >= 0.6 is 0 Å². The van der Waals surface area contributed by atoms with Crippen LogP contribution in [0, 0.1) is 5.92 Å². The van der Waals surface area contributed by atoms with Crippen LogP contribution in [0.5, 0.6) is 0 Å². The first kappa shape index (κ1) is 15.0. The van der Waals surface area contributed by atoms with Gasteiger partial charge in [-0.3, -0.25) is 9.89 Å². The number of nitrogens with zero attached hydrogens (tertiary/aromatic N) is 2. The molecule has 0 bridgehead atoms. The highest BCUT2D eigenvalue weighted by Crippen LogP contribution is 2.24. The van der Waals surface area contributed by atoms with Gasteiger partial charge in [0.25, 0.3) is 5.91 Å². The third-order valence-corrected chi connectivity index (χ3v) is 3.86. The molecule has 112 valence electrons. The van der Waals surface area contributed by atoms with Crippen molar-refractivity contribution in [2.75, 3.05) is 6.61 Å². The standard InChI is InChI=1S/C14H24N4O2/c1-14(2,3)13-16-11(17-18-13)12(20)15-10-7-5-4-6-9(10)8-19/h9-10,19H,4-8H2,1-3H3,(H,15,20)(H,16,17,18). The van der Waals surface area contributed by atoms with Crippen molar-refractivity contribution in [3.63, 3.8) is 0 Å². The molecule has 1 heterocycles. The van der Waals surface area contributed by atoms with E-state index in [2.05, 4.69) is 20.5 Å². The SMILES string of the molecule is CC(C)(C)c1nc(C(=O)NC2CCCCC2CO)n[nH]1. The van der Waals surface area contributed by atoms with Gasteiger partial charge in [0.15, 0.2) is 0 Å². The summed E-state index contributed by atoms with van der Waals surface area (Å²) in [6.45, 7) is 6.15. The van der Waals surface area contributed by atoms with Gasteiger partial charge in [0, 0.05) is 24.0 Å². The van der Waals surface area contributed by atoms with Gasteiger partial charge in [0.2, 0.25) is 5.82 Å². The second kappa shape index (κ2) is 5.91. The Hall–Kier alpha value is -1.43. The zero-order chi connectivity index (χ0) is 14.8. The number of H-pyrrole nitrogens is 1. The average Bonchev–Trinajstić information content (AvgIpc) is 2.89. The van der Waals surface area contributed by atoms with Crippen LogP contribution in [0.3, 0.4) is 0 Å². The quantitative estimate of drug-likeness (QED) is 0.780. The molecule has 1 amide bonds. The van der Waals surface area contributed by atoms with E-state index in [9.17, 15) is 9.90 Å². The Balaban J connectivity index is 2.02. The highest BCUT2D eigenvalue weighted by molar-refractivity contribution is 5.90. The van der Waals surface area contributed by atoms with Gasteiger partial charge < -0.3 is 10.4 Å². The fraction of sp³-hybridized carbons (Fsp3) is 0.786. The molecule has 0 radical (unpaired) electrons. The Bertz CT molecular complexity index is 464. The number of hydrogen-bond donors (Lipinski definition) is 3. The molecule has 1 aromatic heterocycles. The molecule has 3 N–H and O–H groups in total. The van der Waals surface area contributed by atoms with Gasteiger partial charge in [0.1, 0.15) is 5.82 Å². The molecule has 6 nitrogen and oxygen atoms in total. The van der Waals surface area contributed by atoms with Gasteiger partial charge in [-0.25, -0.2) is 4.98 Å². The summed E-state index contributed by atoms with van der Waals surface area (Å²) in [5, 5.41) is 19.1. The van der Waals surface area contributed by atoms with Crippen LogP contribution in [0.2, 0.25) is 0 Å². The molecule has 2 atom stereocenters. The summed E-state index contributed by atoms with van der Waals surface area (Å²) in [5.74, 6) is 0.762. The van der Waals surface area contributed by atoms with Gasteiger partial charge in [0.05, 0.1) is 0 Å². The number of nitrogens with one attached hydrogen (secondary N) is 2. The molecule has 0 aromatic carbocycles. The molecule has 2 unspecified atom stereocenters. The lowest BCUT2D eigenvalue weighted by Gasteiger charge is -2.30. The minimum absolute atomic E-state index is 0.0258. The van der Waals surface area contributed by atoms with Gasteiger partial charge in [-0.15, -0.1) is 5.10 Å². The number of aliphatic hydroxyl groups is 1. The molecule has 0 aliphatic heterocycles. The smallest absolute Gasteiger partial charge is 0.291 e. The van der Waals surface area contributed by atoms with E-state index in [0.717, 1.165) is 25.7 Å². The Morgan fingerprint density at radius 3 is 2.70 bits per heavy atom. The summed E-state index contributed by atoms with van der Waals surface area (Å²) in [7, 11) is 0. The third kappa shape index (κ3) is 3.36. The number of amides is 1. The Kier molecular flexibility index (Phi) is 4.42. The number of aliphatic hydroxyl groups excluding tert-OH is 1. The summed E-state index contributed by atoms with van der Waals surface area (Å²) in [5.41, 5.74) is -0.163. The van der Waals surface area contributed by atoms with Crippen LogP contribution in [0.15, 0.2) is 0 Å². The van der Waals surface area contributed by atoms with Crippen LogP contribution in [0.4, 0.5) is 0 Å². The fourth-order valence-corrected chi connectivity index (χ4v) is 2.55. The Morgan fingerprint density at radius 1 is 1.40 bits per heavy atom. The lowest BCUT2D eigenvalue weighted by atomic mass is 9.85. The van der Waals surface area contributed by atoms with Crippen LogP contribution in [-0.4, -0.2) is 38.8 Å². The lowest BCUT2D eigenvalue weighted by molar-refractivity contribution is 0.0862. The maximum absolute atomic E-state index is 12.2. The number of hydrogen-bond acceptors (Lipinski definition) is 4. The van der Waals surface area contributed by atoms with Crippen molar-refractivity contribution < 1.29 is 9.90 Å². The highest BCUT2D eigenvalue weighted by Gasteiger charge is 2.28. The largest absolute Gasteiger partial charge is 0.396 e. The second-order valence-electron chi connectivity index (χ2n) is 6.56. The summed E-state index contributed by atoms with van der Waals surface area (Å²) >= 11 is 0. The number of carbonyl (C=O) groups excluding carboxylic acids is 1. The molecule has 1 aromatic rings. The molecule has 2 rings (SSSR count). The monoisotopic (exact) mass is 280 g/mol. The summed E-state index contributed by atoms with van der Waals surface area (Å²) < 4.78 is 0. The predicted octanol–water partition coefficient (Wildman–Crippen LogP) is 1.38. The first-order valence-electron chi connectivity index (χ1n) is 7.26. The highest BCUT2D eigenvalue weighted by atomic mass is 16.3. The van der Waals surface area contributed by atoms with Crippen molar-refractivity contribution in [3.8, 4) is 0 Å². The van der Waals surface area contributed by atoms with E-state index in [1.165, 1.54) is 0 Å². The second-order valence-corrected chi connectivity index (χ2v) is 6.56. The number of carbonyl (C=O) groups is 1. The van der Waals surface area contributed by atoms with Crippen LogP contribution in [0.25, 0.3) is 0 Å². The molecule has 1 saturated carbocycles. The van der Waals surface area contributed by atoms with Crippen molar-refractivity contribution in [1.82, 2.24) is 20.5 Å². The number of aromatic amines is 1. The van der Waals surface area contributed by atoms with Crippen molar-refractivity contribution >= 4 is 5.91 Å². The zero-order valence-electron chi connectivity index (χ0n) is 12.4. The maximum atomic E-state index is 12.2. The molecule has 1 fully saturated rings. The van der Waals surface area contributed by atoms with E-state index in [4.69, 9.17) is 0 Å². The average molecular weight is 280 g/mol. The summed E-state index contributed by atoms with van der Waals surface area (Å²) in [4.78, 5) is 16.4. The number of rotatable bonds is 3. The number of aromatic nitrogens is 3. The van der Waals surface area contributed by atoms with Crippen LogP contribution in [0.1, 0.15) is 62.9 Å². The summed E-state index contributed by atoms with van der Waals surface area (Å²) in [6.07, 6.45) is 4.07. The molecule has 0 saturated heterocycles. The third-order valence-electron chi connectivity index (χ3n) is 3.86. The topological polar surface area (TPSA) is 90.9 Å². The molecule has 1 aliphatic rings. The molecule has 6 heteroatoms. The lowest BCUT2D eigenvalue weighted by Crippen LogP contribution is -2.43. The minimum Gasteiger partial charge on any atom is -0.396 e. The van der Waals surface area contributed by atoms with Crippen molar-refractivity contribution in [1.29, 1.82) is 0 Å². The predicted molar refractivity (Wildman–Crippen MR) is 75.4 cm³/mol.